The Morgan fingerprint density at radius 3 is 2.95 bits per heavy atom. The third kappa shape index (κ3) is 2.47. The molecular weight excluding hydrogens is 279 g/mol. The van der Waals surface area contributed by atoms with Gasteiger partial charge in [0, 0.05) is 17.4 Å². The third-order valence-corrected chi connectivity index (χ3v) is 3.49. The number of aromatic nitrogens is 1. The van der Waals surface area contributed by atoms with Crippen molar-refractivity contribution in [2.45, 2.75) is 6.04 Å². The van der Waals surface area contributed by atoms with Gasteiger partial charge in [-0.05, 0) is 24.3 Å². The Bertz CT molecular complexity index is 712. The summed E-state index contributed by atoms with van der Waals surface area (Å²) in [5.74, 6) is -1.93. The molecule has 6 nitrogen and oxygen atoms in total. The first kappa shape index (κ1) is 13.6. The zero-order chi connectivity index (χ0) is 15.0. The number of carbonyl (C=O) groups is 2. The van der Waals surface area contributed by atoms with Crippen LogP contribution in [0.25, 0.3) is 10.9 Å². The lowest BCUT2D eigenvalue weighted by molar-refractivity contribution is -0.147. The molecule has 1 aromatic heterocycles. The number of morpholine rings is 1. The Labute approximate surface area is 119 Å². The third-order valence-electron chi connectivity index (χ3n) is 3.49. The van der Waals surface area contributed by atoms with E-state index in [-0.39, 0.29) is 18.8 Å². The normalized spacial score (nSPS) is 18.9. The number of aromatic amines is 1. The summed E-state index contributed by atoms with van der Waals surface area (Å²) in [4.78, 5) is 27.8. The summed E-state index contributed by atoms with van der Waals surface area (Å²) in [5, 5.41) is 9.72. The van der Waals surface area contributed by atoms with E-state index in [0.717, 1.165) is 0 Å². The molecule has 1 aliphatic heterocycles. The van der Waals surface area contributed by atoms with Gasteiger partial charge in [-0.15, -0.1) is 0 Å². The highest BCUT2D eigenvalue weighted by atomic mass is 19.1. The van der Waals surface area contributed by atoms with Crippen LogP contribution in [0.5, 0.6) is 0 Å². The van der Waals surface area contributed by atoms with Crippen molar-refractivity contribution in [3.8, 4) is 0 Å². The molecular formula is C14H13FN2O4. The minimum absolute atomic E-state index is 0.0318. The molecule has 0 saturated carbocycles. The SMILES string of the molecule is O=C(O)C1COCCN1C(=O)c1cc2cc(F)ccc2[nH]1. The number of hydrogen-bond acceptors (Lipinski definition) is 3. The first-order chi connectivity index (χ1) is 10.1. The standard InChI is InChI=1S/C14H13FN2O4/c15-9-1-2-10-8(5-9)6-11(16-10)13(18)17-3-4-21-7-12(17)14(19)20/h1-2,5-6,12,16H,3-4,7H2,(H,19,20). The van der Waals surface area contributed by atoms with Crippen LogP contribution in [-0.4, -0.2) is 52.7 Å². The second-order valence-electron chi connectivity index (χ2n) is 4.84. The maximum atomic E-state index is 13.2. The number of hydrogen-bond donors (Lipinski definition) is 2. The maximum absolute atomic E-state index is 13.2. The van der Waals surface area contributed by atoms with Gasteiger partial charge in [0.2, 0.25) is 0 Å². The number of fused-ring (bicyclic) bond motifs is 1. The molecule has 21 heavy (non-hydrogen) atoms. The Kier molecular flexibility index (Phi) is 3.34. The van der Waals surface area contributed by atoms with Crippen molar-refractivity contribution < 1.29 is 23.8 Å². The molecule has 110 valence electrons. The molecule has 2 N–H and O–H groups in total. The smallest absolute Gasteiger partial charge is 0.328 e. The average molecular weight is 292 g/mol. The van der Waals surface area contributed by atoms with Gasteiger partial charge in [-0.25, -0.2) is 9.18 Å². The average Bonchev–Trinajstić information content (AvgIpc) is 2.89. The van der Waals surface area contributed by atoms with Gasteiger partial charge in [0.15, 0.2) is 6.04 Å². The van der Waals surface area contributed by atoms with Crippen LogP contribution < -0.4 is 0 Å². The van der Waals surface area contributed by atoms with Crippen LogP contribution in [-0.2, 0) is 9.53 Å². The number of nitrogens with one attached hydrogen (secondary N) is 1. The number of rotatable bonds is 2. The highest BCUT2D eigenvalue weighted by molar-refractivity contribution is 5.99. The first-order valence-electron chi connectivity index (χ1n) is 6.46. The number of carbonyl (C=O) groups excluding carboxylic acids is 1. The molecule has 7 heteroatoms. The van der Waals surface area contributed by atoms with E-state index in [4.69, 9.17) is 9.84 Å². The number of halogens is 1. The summed E-state index contributed by atoms with van der Waals surface area (Å²) in [5.41, 5.74) is 0.864. The number of H-pyrrole nitrogens is 1. The molecule has 1 aromatic carbocycles. The second-order valence-corrected chi connectivity index (χ2v) is 4.84. The number of aliphatic carboxylic acids is 1. The first-order valence-corrected chi connectivity index (χ1v) is 6.46. The Morgan fingerprint density at radius 2 is 2.19 bits per heavy atom. The van der Waals surface area contributed by atoms with Crippen molar-refractivity contribution in [2.24, 2.45) is 0 Å². The molecule has 2 heterocycles. The number of ether oxygens (including phenoxy) is 1. The molecule has 2 aromatic rings. The van der Waals surface area contributed by atoms with Crippen LogP contribution in [0.3, 0.4) is 0 Å². The molecule has 1 atom stereocenters. The summed E-state index contributed by atoms with van der Waals surface area (Å²) in [6.07, 6.45) is 0. The lowest BCUT2D eigenvalue weighted by Crippen LogP contribution is -2.52. The molecule has 0 spiro atoms. The maximum Gasteiger partial charge on any atom is 0.328 e. The van der Waals surface area contributed by atoms with E-state index in [1.54, 1.807) is 0 Å². The fourth-order valence-corrected chi connectivity index (χ4v) is 2.42. The molecule has 0 radical (unpaired) electrons. The van der Waals surface area contributed by atoms with Crippen LogP contribution in [0.2, 0.25) is 0 Å². The highest BCUT2D eigenvalue weighted by Gasteiger charge is 2.33. The van der Waals surface area contributed by atoms with E-state index < -0.39 is 23.7 Å². The predicted molar refractivity (Wildman–Crippen MR) is 71.5 cm³/mol. The summed E-state index contributed by atoms with van der Waals surface area (Å²) < 4.78 is 18.3. The van der Waals surface area contributed by atoms with E-state index in [9.17, 15) is 14.0 Å². The lowest BCUT2D eigenvalue weighted by atomic mass is 10.2. The molecule has 0 aliphatic carbocycles. The van der Waals surface area contributed by atoms with E-state index in [2.05, 4.69) is 4.98 Å². The minimum Gasteiger partial charge on any atom is -0.480 e. The molecule has 0 bridgehead atoms. The Morgan fingerprint density at radius 1 is 1.38 bits per heavy atom. The second kappa shape index (κ2) is 5.17. The predicted octanol–water partition coefficient (Wildman–Crippen LogP) is 1.23. The van der Waals surface area contributed by atoms with Crippen molar-refractivity contribution in [2.75, 3.05) is 19.8 Å². The monoisotopic (exact) mass is 292 g/mol. The van der Waals surface area contributed by atoms with Crippen LogP contribution in [0, 0.1) is 5.82 Å². The van der Waals surface area contributed by atoms with Gasteiger partial charge < -0.3 is 19.7 Å². The van der Waals surface area contributed by atoms with Crippen LogP contribution in [0.15, 0.2) is 24.3 Å². The molecule has 1 fully saturated rings. The Hall–Kier alpha value is -2.41. The summed E-state index contributed by atoms with van der Waals surface area (Å²) in [7, 11) is 0. The van der Waals surface area contributed by atoms with Gasteiger partial charge in [0.25, 0.3) is 5.91 Å². The van der Waals surface area contributed by atoms with Gasteiger partial charge in [-0.2, -0.15) is 0 Å². The van der Waals surface area contributed by atoms with Gasteiger partial charge in [0.1, 0.15) is 11.5 Å². The number of carboxylic acids is 1. The fourth-order valence-electron chi connectivity index (χ4n) is 2.42. The van der Waals surface area contributed by atoms with Crippen LogP contribution in [0.4, 0.5) is 4.39 Å². The van der Waals surface area contributed by atoms with E-state index in [1.165, 1.54) is 29.2 Å². The van der Waals surface area contributed by atoms with Gasteiger partial charge in [0.05, 0.1) is 13.2 Å². The van der Waals surface area contributed by atoms with Gasteiger partial charge in [-0.3, -0.25) is 4.79 Å². The Balaban J connectivity index is 1.93. The van der Waals surface area contributed by atoms with Crippen molar-refractivity contribution in [3.63, 3.8) is 0 Å². The molecule has 3 rings (SSSR count). The number of amides is 1. The van der Waals surface area contributed by atoms with Crippen molar-refractivity contribution in [1.82, 2.24) is 9.88 Å². The summed E-state index contributed by atoms with van der Waals surface area (Å²) in [6.45, 7) is 0.472. The van der Waals surface area contributed by atoms with Gasteiger partial charge in [-0.1, -0.05) is 0 Å². The summed E-state index contributed by atoms with van der Waals surface area (Å²) in [6, 6.07) is 4.66. The number of carboxylic acid groups (broad SMARTS) is 1. The minimum atomic E-state index is -1.11. The quantitative estimate of drug-likeness (QED) is 0.872. The van der Waals surface area contributed by atoms with E-state index in [0.29, 0.717) is 17.5 Å². The zero-order valence-corrected chi connectivity index (χ0v) is 11.0. The fraction of sp³-hybridized carbons (Fsp3) is 0.286. The molecule has 1 saturated heterocycles. The van der Waals surface area contributed by atoms with Gasteiger partial charge >= 0.3 is 5.97 Å². The van der Waals surface area contributed by atoms with Crippen molar-refractivity contribution >= 4 is 22.8 Å². The molecule has 1 aliphatic rings. The molecule has 1 unspecified atom stereocenters. The van der Waals surface area contributed by atoms with Crippen LogP contribution >= 0.6 is 0 Å². The van der Waals surface area contributed by atoms with Crippen LogP contribution in [0.1, 0.15) is 10.5 Å². The lowest BCUT2D eigenvalue weighted by Gasteiger charge is -2.32. The zero-order valence-electron chi connectivity index (χ0n) is 11.0. The number of nitrogens with zero attached hydrogens (tertiary/aromatic N) is 1. The molecule has 1 amide bonds. The topological polar surface area (TPSA) is 82.6 Å². The van der Waals surface area contributed by atoms with E-state index >= 15 is 0 Å². The largest absolute Gasteiger partial charge is 0.480 e. The summed E-state index contributed by atoms with van der Waals surface area (Å²) >= 11 is 0. The van der Waals surface area contributed by atoms with Crippen molar-refractivity contribution in [3.05, 3.63) is 35.8 Å². The van der Waals surface area contributed by atoms with E-state index in [1.807, 2.05) is 0 Å². The highest BCUT2D eigenvalue weighted by Crippen LogP contribution is 2.19. The van der Waals surface area contributed by atoms with Crippen molar-refractivity contribution in [1.29, 1.82) is 0 Å². The number of benzene rings is 1.